The normalized spacial score (nSPS) is 12.6. The highest BCUT2D eigenvalue weighted by molar-refractivity contribution is 5.32. The van der Waals surface area contributed by atoms with Crippen molar-refractivity contribution in [2.45, 2.75) is 33.4 Å². The molecule has 96 valence electrons. The molecule has 0 aromatic carbocycles. The average Bonchev–Trinajstić information content (AvgIpc) is 2.85. The Labute approximate surface area is 108 Å². The van der Waals surface area contributed by atoms with Crippen LogP contribution in [0.5, 0.6) is 0 Å². The number of rotatable bonds is 5. The topological polar surface area (TPSA) is 42.7 Å². The van der Waals surface area contributed by atoms with Crippen molar-refractivity contribution in [1.82, 2.24) is 20.1 Å². The molecule has 4 nitrogen and oxygen atoms in total. The van der Waals surface area contributed by atoms with Gasteiger partial charge in [0.2, 0.25) is 0 Å². The van der Waals surface area contributed by atoms with Crippen LogP contribution < -0.4 is 5.32 Å². The van der Waals surface area contributed by atoms with Crippen molar-refractivity contribution in [2.24, 2.45) is 0 Å². The maximum absolute atomic E-state index is 4.35. The quantitative estimate of drug-likeness (QED) is 0.877. The Morgan fingerprint density at radius 2 is 2.17 bits per heavy atom. The standard InChI is InChI=1S/C14H20N4/c1-4-16-14(12-8-17-18(5-2)10-12)13-9-15-7-6-11(13)3/h6-10,14,16H,4-5H2,1-3H3. The van der Waals surface area contributed by atoms with Crippen molar-refractivity contribution < 1.29 is 0 Å². The van der Waals surface area contributed by atoms with Crippen molar-refractivity contribution in [3.05, 3.63) is 47.5 Å². The molecule has 2 aromatic heterocycles. The zero-order chi connectivity index (χ0) is 13.0. The fraction of sp³-hybridized carbons (Fsp3) is 0.429. The molecule has 0 spiro atoms. The minimum atomic E-state index is 0.170. The van der Waals surface area contributed by atoms with Crippen LogP contribution >= 0.6 is 0 Å². The highest BCUT2D eigenvalue weighted by atomic mass is 15.3. The van der Waals surface area contributed by atoms with Gasteiger partial charge in [0.05, 0.1) is 12.2 Å². The van der Waals surface area contributed by atoms with Gasteiger partial charge in [-0.25, -0.2) is 0 Å². The summed E-state index contributed by atoms with van der Waals surface area (Å²) in [5.41, 5.74) is 3.66. The van der Waals surface area contributed by atoms with Crippen molar-refractivity contribution >= 4 is 0 Å². The van der Waals surface area contributed by atoms with E-state index in [1.165, 1.54) is 16.7 Å². The second-order valence-corrected chi connectivity index (χ2v) is 4.35. The van der Waals surface area contributed by atoms with E-state index in [2.05, 4.69) is 42.4 Å². The Balaban J connectivity index is 2.36. The molecular weight excluding hydrogens is 224 g/mol. The van der Waals surface area contributed by atoms with Crippen LogP contribution in [0.15, 0.2) is 30.9 Å². The van der Waals surface area contributed by atoms with E-state index in [0.29, 0.717) is 0 Å². The molecule has 1 N–H and O–H groups in total. The molecule has 0 amide bonds. The Morgan fingerprint density at radius 1 is 1.33 bits per heavy atom. The lowest BCUT2D eigenvalue weighted by molar-refractivity contribution is 0.621. The first-order valence-electron chi connectivity index (χ1n) is 6.42. The van der Waals surface area contributed by atoms with E-state index in [9.17, 15) is 0 Å². The van der Waals surface area contributed by atoms with Gasteiger partial charge in [-0.3, -0.25) is 9.67 Å². The van der Waals surface area contributed by atoms with Crippen molar-refractivity contribution in [3.63, 3.8) is 0 Å². The molecule has 0 radical (unpaired) electrons. The summed E-state index contributed by atoms with van der Waals surface area (Å²) in [7, 11) is 0. The number of hydrogen-bond acceptors (Lipinski definition) is 3. The van der Waals surface area contributed by atoms with Gasteiger partial charge in [-0.05, 0) is 37.6 Å². The second-order valence-electron chi connectivity index (χ2n) is 4.35. The van der Waals surface area contributed by atoms with Crippen molar-refractivity contribution in [2.75, 3.05) is 6.54 Å². The summed E-state index contributed by atoms with van der Waals surface area (Å²) in [5, 5.41) is 7.85. The Kier molecular flexibility index (Phi) is 4.10. The second kappa shape index (κ2) is 5.78. The molecule has 4 heteroatoms. The van der Waals surface area contributed by atoms with Gasteiger partial charge in [-0.2, -0.15) is 5.10 Å². The lowest BCUT2D eigenvalue weighted by Crippen LogP contribution is -2.22. The zero-order valence-electron chi connectivity index (χ0n) is 11.2. The van der Waals surface area contributed by atoms with E-state index in [0.717, 1.165) is 13.1 Å². The Bertz CT molecular complexity index is 504. The first-order valence-corrected chi connectivity index (χ1v) is 6.42. The molecule has 0 bridgehead atoms. The largest absolute Gasteiger partial charge is 0.306 e. The van der Waals surface area contributed by atoms with Crippen molar-refractivity contribution in [3.8, 4) is 0 Å². The molecule has 18 heavy (non-hydrogen) atoms. The summed E-state index contributed by atoms with van der Waals surface area (Å²) in [6.45, 7) is 8.13. The van der Waals surface area contributed by atoms with Gasteiger partial charge in [0.25, 0.3) is 0 Å². The van der Waals surface area contributed by atoms with Crippen LogP contribution in [0.25, 0.3) is 0 Å². The maximum Gasteiger partial charge on any atom is 0.0625 e. The van der Waals surface area contributed by atoms with Crippen LogP contribution in [0.4, 0.5) is 0 Å². The van der Waals surface area contributed by atoms with E-state index in [1.54, 1.807) is 0 Å². The van der Waals surface area contributed by atoms with Crippen LogP contribution in [0.3, 0.4) is 0 Å². The minimum absolute atomic E-state index is 0.170. The molecule has 2 heterocycles. The molecule has 1 atom stereocenters. The lowest BCUT2D eigenvalue weighted by atomic mass is 9.99. The predicted octanol–water partition coefficient (Wildman–Crippen LogP) is 2.31. The zero-order valence-corrected chi connectivity index (χ0v) is 11.2. The summed E-state index contributed by atoms with van der Waals surface area (Å²) < 4.78 is 1.95. The summed E-state index contributed by atoms with van der Waals surface area (Å²) in [4.78, 5) is 4.23. The number of pyridine rings is 1. The predicted molar refractivity (Wildman–Crippen MR) is 72.4 cm³/mol. The monoisotopic (exact) mass is 244 g/mol. The van der Waals surface area contributed by atoms with Crippen LogP contribution in [0, 0.1) is 6.92 Å². The smallest absolute Gasteiger partial charge is 0.0625 e. The molecular formula is C14H20N4. The van der Waals surface area contributed by atoms with E-state index in [-0.39, 0.29) is 6.04 Å². The van der Waals surface area contributed by atoms with Gasteiger partial charge in [0.15, 0.2) is 0 Å². The number of nitrogens with one attached hydrogen (secondary N) is 1. The van der Waals surface area contributed by atoms with E-state index >= 15 is 0 Å². The van der Waals surface area contributed by atoms with E-state index in [4.69, 9.17) is 0 Å². The number of hydrogen-bond donors (Lipinski definition) is 1. The van der Waals surface area contributed by atoms with Gasteiger partial charge in [0.1, 0.15) is 0 Å². The van der Waals surface area contributed by atoms with Gasteiger partial charge in [0, 0.05) is 30.7 Å². The Hall–Kier alpha value is -1.68. The summed E-state index contributed by atoms with van der Waals surface area (Å²) in [5.74, 6) is 0. The summed E-state index contributed by atoms with van der Waals surface area (Å²) in [6, 6.07) is 2.22. The first kappa shape index (κ1) is 12.8. The third-order valence-electron chi connectivity index (χ3n) is 3.11. The number of aromatic nitrogens is 3. The molecule has 0 aliphatic rings. The van der Waals surface area contributed by atoms with Gasteiger partial charge < -0.3 is 5.32 Å². The van der Waals surface area contributed by atoms with Gasteiger partial charge >= 0.3 is 0 Å². The van der Waals surface area contributed by atoms with Crippen LogP contribution in [0.1, 0.15) is 36.6 Å². The maximum atomic E-state index is 4.35. The SMILES string of the molecule is CCNC(c1cnn(CC)c1)c1cnccc1C. The summed E-state index contributed by atoms with van der Waals surface area (Å²) >= 11 is 0. The van der Waals surface area contributed by atoms with E-state index < -0.39 is 0 Å². The molecule has 0 fully saturated rings. The van der Waals surface area contributed by atoms with Crippen LogP contribution in [-0.2, 0) is 6.54 Å². The van der Waals surface area contributed by atoms with Gasteiger partial charge in [-0.15, -0.1) is 0 Å². The molecule has 0 saturated heterocycles. The summed E-state index contributed by atoms with van der Waals surface area (Å²) in [6.07, 6.45) is 7.80. The lowest BCUT2D eigenvalue weighted by Gasteiger charge is -2.18. The van der Waals surface area contributed by atoms with Gasteiger partial charge in [-0.1, -0.05) is 6.92 Å². The molecule has 1 unspecified atom stereocenters. The number of aryl methyl sites for hydroxylation is 2. The molecule has 2 rings (SSSR count). The molecule has 0 aliphatic carbocycles. The minimum Gasteiger partial charge on any atom is -0.306 e. The fourth-order valence-corrected chi connectivity index (χ4v) is 2.09. The number of nitrogens with zero attached hydrogens (tertiary/aromatic N) is 3. The Morgan fingerprint density at radius 3 is 2.78 bits per heavy atom. The van der Waals surface area contributed by atoms with Crippen LogP contribution in [0.2, 0.25) is 0 Å². The molecule has 2 aromatic rings. The first-order chi connectivity index (χ1) is 8.76. The van der Waals surface area contributed by atoms with E-state index in [1.807, 2.05) is 29.3 Å². The molecule has 0 saturated carbocycles. The molecule has 0 aliphatic heterocycles. The fourth-order valence-electron chi connectivity index (χ4n) is 2.09. The highest BCUT2D eigenvalue weighted by Gasteiger charge is 2.16. The average molecular weight is 244 g/mol. The third kappa shape index (κ3) is 2.59. The third-order valence-corrected chi connectivity index (χ3v) is 3.11. The van der Waals surface area contributed by atoms with Crippen molar-refractivity contribution in [1.29, 1.82) is 0 Å². The van der Waals surface area contributed by atoms with Crippen LogP contribution in [-0.4, -0.2) is 21.3 Å². The highest BCUT2D eigenvalue weighted by Crippen LogP contribution is 2.23.